The Morgan fingerprint density at radius 1 is 1.29 bits per heavy atom. The highest BCUT2D eigenvalue weighted by Gasteiger charge is 2.30. The fraction of sp³-hybridized carbons (Fsp3) is 0.900. The van der Waals surface area contributed by atoms with E-state index >= 15 is 0 Å². The van der Waals surface area contributed by atoms with E-state index in [1.54, 1.807) is 4.90 Å². The van der Waals surface area contributed by atoms with Crippen LogP contribution in [0.4, 0.5) is 0 Å². The Morgan fingerprint density at radius 2 is 1.82 bits per heavy atom. The van der Waals surface area contributed by atoms with Gasteiger partial charge in [0.15, 0.2) is 9.84 Å². The van der Waals surface area contributed by atoms with Gasteiger partial charge in [-0.05, 0) is 6.92 Å². The van der Waals surface area contributed by atoms with Gasteiger partial charge in [-0.1, -0.05) is 15.9 Å². The van der Waals surface area contributed by atoms with Gasteiger partial charge in [0.2, 0.25) is 5.91 Å². The molecule has 0 saturated carbocycles. The molecule has 100 valence electrons. The molecule has 1 heterocycles. The minimum absolute atomic E-state index is 0.272. The predicted octanol–water partition coefficient (Wildman–Crippen LogP) is -0.0414. The number of sulfone groups is 1. The average molecular weight is 327 g/mol. The van der Waals surface area contributed by atoms with Crippen LogP contribution >= 0.6 is 15.9 Å². The Balaban J connectivity index is 2.52. The summed E-state index contributed by atoms with van der Waals surface area (Å²) in [4.78, 5) is 15.8. The zero-order valence-corrected chi connectivity index (χ0v) is 12.6. The summed E-state index contributed by atoms with van der Waals surface area (Å²) in [6.07, 6.45) is 1.11. The molecule has 1 rings (SSSR count). The number of alkyl halides is 1. The van der Waals surface area contributed by atoms with Crippen molar-refractivity contribution in [3.05, 3.63) is 0 Å². The van der Waals surface area contributed by atoms with E-state index in [0.717, 1.165) is 31.2 Å². The number of piperazine rings is 1. The smallest absolute Gasteiger partial charge is 0.240 e. The molecule has 5 nitrogen and oxygen atoms in total. The van der Waals surface area contributed by atoms with Crippen molar-refractivity contribution in [2.75, 3.05) is 44.3 Å². The number of hydrogen-bond donors (Lipinski definition) is 0. The third-order valence-electron chi connectivity index (χ3n) is 3.07. The maximum Gasteiger partial charge on any atom is 0.240 e. The molecule has 0 bridgehead atoms. The molecule has 7 heteroatoms. The van der Waals surface area contributed by atoms with Gasteiger partial charge in [-0.2, -0.15) is 0 Å². The summed E-state index contributed by atoms with van der Waals surface area (Å²) in [5, 5.41) is -0.00837. The quantitative estimate of drug-likeness (QED) is 0.680. The highest BCUT2D eigenvalue weighted by molar-refractivity contribution is 9.09. The van der Waals surface area contributed by atoms with Crippen LogP contribution in [0.5, 0.6) is 0 Å². The lowest BCUT2D eigenvalue weighted by Gasteiger charge is -2.35. The Bertz CT molecular complexity index is 364. The van der Waals surface area contributed by atoms with E-state index in [0.29, 0.717) is 13.1 Å². The zero-order chi connectivity index (χ0) is 13.1. The molecule has 1 unspecified atom stereocenters. The van der Waals surface area contributed by atoms with Gasteiger partial charge in [-0.3, -0.25) is 9.69 Å². The number of hydrogen-bond acceptors (Lipinski definition) is 4. The van der Waals surface area contributed by atoms with Crippen molar-refractivity contribution in [2.45, 2.75) is 12.2 Å². The summed E-state index contributed by atoms with van der Waals surface area (Å²) in [6.45, 7) is 5.28. The number of carbonyl (C=O) groups excluding carboxylic acids is 1. The predicted molar refractivity (Wildman–Crippen MR) is 71.1 cm³/mol. The zero-order valence-electron chi connectivity index (χ0n) is 10.2. The first kappa shape index (κ1) is 14.9. The molecule has 1 aliphatic heterocycles. The average Bonchev–Trinajstić information content (AvgIpc) is 2.27. The maximum absolute atomic E-state index is 11.9. The summed E-state index contributed by atoms with van der Waals surface area (Å²) in [5.74, 6) is -0.272. The monoisotopic (exact) mass is 326 g/mol. The molecule has 1 amide bonds. The van der Waals surface area contributed by atoms with E-state index in [1.807, 2.05) is 0 Å². The highest BCUT2D eigenvalue weighted by atomic mass is 79.9. The molecule has 1 saturated heterocycles. The van der Waals surface area contributed by atoms with Gasteiger partial charge in [-0.25, -0.2) is 8.42 Å². The highest BCUT2D eigenvalue weighted by Crippen LogP contribution is 2.08. The molecule has 0 aliphatic carbocycles. The van der Waals surface area contributed by atoms with Gasteiger partial charge in [0.25, 0.3) is 0 Å². The summed E-state index contributed by atoms with van der Waals surface area (Å²) in [6, 6.07) is 0. The fourth-order valence-electron chi connectivity index (χ4n) is 1.75. The normalized spacial score (nSPS) is 20.3. The summed E-state index contributed by atoms with van der Waals surface area (Å²) < 4.78 is 22.6. The Kier molecular flexibility index (Phi) is 5.40. The molecule has 1 aliphatic rings. The van der Waals surface area contributed by atoms with E-state index < -0.39 is 15.1 Å². The van der Waals surface area contributed by atoms with Crippen molar-refractivity contribution in [3.63, 3.8) is 0 Å². The number of nitrogens with zero attached hydrogens (tertiary/aromatic N) is 2. The minimum Gasteiger partial charge on any atom is -0.339 e. The van der Waals surface area contributed by atoms with Crippen LogP contribution in [0.25, 0.3) is 0 Å². The van der Waals surface area contributed by atoms with Gasteiger partial charge in [0, 0.05) is 44.3 Å². The molecule has 0 aromatic carbocycles. The van der Waals surface area contributed by atoms with Gasteiger partial charge in [0.1, 0.15) is 5.25 Å². The standard InChI is InChI=1S/C10H19BrN2O3S/c1-9(17(2,15)16)10(14)13-7-5-12(4-3-11)6-8-13/h9H,3-8H2,1-2H3. The molecule has 1 atom stereocenters. The lowest BCUT2D eigenvalue weighted by molar-refractivity contribution is -0.132. The van der Waals surface area contributed by atoms with E-state index in [4.69, 9.17) is 0 Å². The Hall–Kier alpha value is -0.140. The van der Waals surface area contributed by atoms with Crippen molar-refractivity contribution in [2.24, 2.45) is 0 Å². The van der Waals surface area contributed by atoms with E-state index in [9.17, 15) is 13.2 Å². The summed E-state index contributed by atoms with van der Waals surface area (Å²) >= 11 is 3.38. The van der Waals surface area contributed by atoms with Crippen molar-refractivity contribution < 1.29 is 13.2 Å². The lowest BCUT2D eigenvalue weighted by Crippen LogP contribution is -2.52. The third kappa shape index (κ3) is 4.22. The first-order chi connectivity index (χ1) is 7.86. The minimum atomic E-state index is -3.29. The first-order valence-corrected chi connectivity index (χ1v) is 8.70. The van der Waals surface area contributed by atoms with Crippen LogP contribution in [-0.2, 0) is 14.6 Å². The first-order valence-electron chi connectivity index (χ1n) is 5.62. The van der Waals surface area contributed by atoms with Crippen molar-refractivity contribution in [3.8, 4) is 0 Å². The second-order valence-electron chi connectivity index (χ2n) is 4.33. The van der Waals surface area contributed by atoms with Crippen LogP contribution in [0.15, 0.2) is 0 Å². The van der Waals surface area contributed by atoms with Crippen LogP contribution < -0.4 is 0 Å². The summed E-state index contributed by atoms with van der Waals surface area (Å²) in [7, 11) is -3.29. The second kappa shape index (κ2) is 6.15. The van der Waals surface area contributed by atoms with Crippen molar-refractivity contribution in [1.82, 2.24) is 9.80 Å². The largest absolute Gasteiger partial charge is 0.339 e. The van der Waals surface area contributed by atoms with Crippen LogP contribution in [-0.4, -0.2) is 73.7 Å². The molecule has 0 N–H and O–H groups in total. The lowest BCUT2D eigenvalue weighted by atomic mass is 10.3. The summed E-state index contributed by atoms with van der Waals surface area (Å²) in [5.41, 5.74) is 0. The second-order valence-corrected chi connectivity index (χ2v) is 7.49. The van der Waals surface area contributed by atoms with E-state index in [2.05, 4.69) is 20.8 Å². The van der Waals surface area contributed by atoms with Gasteiger partial charge >= 0.3 is 0 Å². The van der Waals surface area contributed by atoms with E-state index in [-0.39, 0.29) is 5.91 Å². The molecule has 0 aromatic rings. The van der Waals surface area contributed by atoms with Gasteiger partial charge in [0.05, 0.1) is 0 Å². The van der Waals surface area contributed by atoms with Crippen molar-refractivity contribution >= 4 is 31.7 Å². The van der Waals surface area contributed by atoms with Gasteiger partial charge < -0.3 is 4.90 Å². The molecule has 17 heavy (non-hydrogen) atoms. The fourth-order valence-corrected chi connectivity index (χ4v) is 2.77. The van der Waals surface area contributed by atoms with Crippen LogP contribution in [0, 0.1) is 0 Å². The van der Waals surface area contributed by atoms with E-state index in [1.165, 1.54) is 6.92 Å². The topological polar surface area (TPSA) is 57.7 Å². The number of amides is 1. The molecule has 0 aromatic heterocycles. The molecular formula is C10H19BrN2O3S. The molecule has 1 fully saturated rings. The van der Waals surface area contributed by atoms with Crippen LogP contribution in [0.1, 0.15) is 6.92 Å². The van der Waals surface area contributed by atoms with Crippen LogP contribution in [0.3, 0.4) is 0 Å². The molecule has 0 radical (unpaired) electrons. The molecular weight excluding hydrogens is 308 g/mol. The number of carbonyl (C=O) groups is 1. The number of rotatable bonds is 4. The number of halogens is 1. The SMILES string of the molecule is CC(C(=O)N1CCN(CCBr)CC1)S(C)(=O)=O. The van der Waals surface area contributed by atoms with Gasteiger partial charge in [-0.15, -0.1) is 0 Å². The third-order valence-corrected chi connectivity index (χ3v) is 4.92. The Labute approximate surface area is 111 Å². The molecule has 0 spiro atoms. The Morgan fingerprint density at radius 3 is 2.24 bits per heavy atom. The maximum atomic E-state index is 11.9. The van der Waals surface area contributed by atoms with Crippen molar-refractivity contribution in [1.29, 1.82) is 0 Å². The van der Waals surface area contributed by atoms with Crippen LogP contribution in [0.2, 0.25) is 0 Å².